The summed E-state index contributed by atoms with van der Waals surface area (Å²) in [5, 5.41) is 15.6. The number of ether oxygens (including phenoxy) is 1. The number of aryl methyl sites for hydroxylation is 1. The molecule has 1 fully saturated rings. The van der Waals surface area contributed by atoms with Crippen molar-refractivity contribution in [2.45, 2.75) is 32.2 Å². The molecule has 10 nitrogen and oxygen atoms in total. The molecule has 0 aliphatic carbocycles. The molecule has 0 radical (unpaired) electrons. The fourth-order valence-electron chi connectivity index (χ4n) is 3.38. The van der Waals surface area contributed by atoms with Gasteiger partial charge in [0.1, 0.15) is 11.8 Å². The van der Waals surface area contributed by atoms with Crippen LogP contribution in [0.4, 0.5) is 13.2 Å². The van der Waals surface area contributed by atoms with E-state index in [4.69, 9.17) is 19.2 Å². The number of carbonyl (C=O) groups is 2. The van der Waals surface area contributed by atoms with Gasteiger partial charge in [0.2, 0.25) is 5.91 Å². The molecule has 4 rings (SSSR count). The van der Waals surface area contributed by atoms with Gasteiger partial charge in [0.25, 0.3) is 0 Å². The van der Waals surface area contributed by atoms with E-state index in [2.05, 4.69) is 15.2 Å². The quantitative estimate of drug-likeness (QED) is 0.751. The fraction of sp³-hybridized carbons (Fsp3) is 0.556. The molecule has 0 spiro atoms. The highest BCUT2D eigenvalue weighted by atomic mass is 19.4. The van der Waals surface area contributed by atoms with Crippen LogP contribution < -0.4 is 0 Å². The van der Waals surface area contributed by atoms with E-state index in [9.17, 15) is 18.0 Å². The molecule has 1 N–H and O–H groups in total. The lowest BCUT2D eigenvalue weighted by Crippen LogP contribution is -2.49. The monoisotopic (exact) mass is 445 g/mol. The number of amides is 1. The van der Waals surface area contributed by atoms with Gasteiger partial charge in [-0.1, -0.05) is 5.16 Å². The van der Waals surface area contributed by atoms with Crippen LogP contribution in [0.2, 0.25) is 0 Å². The van der Waals surface area contributed by atoms with Crippen LogP contribution in [-0.4, -0.2) is 80.7 Å². The van der Waals surface area contributed by atoms with E-state index < -0.39 is 12.1 Å². The summed E-state index contributed by atoms with van der Waals surface area (Å²) < 4.78 is 44.1. The minimum Gasteiger partial charge on any atom is -0.475 e. The molecular weight excluding hydrogens is 423 g/mol. The van der Waals surface area contributed by atoms with Gasteiger partial charge >= 0.3 is 12.1 Å². The maximum absolute atomic E-state index is 13.0. The summed E-state index contributed by atoms with van der Waals surface area (Å²) in [6.07, 6.45) is -3.32. The Bertz CT molecular complexity index is 907. The van der Waals surface area contributed by atoms with Gasteiger partial charge in [-0.05, 0) is 13.0 Å². The molecule has 2 aliphatic heterocycles. The van der Waals surface area contributed by atoms with E-state index in [0.717, 1.165) is 23.7 Å². The molecule has 31 heavy (non-hydrogen) atoms. The van der Waals surface area contributed by atoms with E-state index in [0.29, 0.717) is 39.4 Å². The maximum atomic E-state index is 13.0. The number of hydrogen-bond acceptors (Lipinski definition) is 7. The van der Waals surface area contributed by atoms with Crippen LogP contribution in [0.15, 0.2) is 22.9 Å². The zero-order valence-corrected chi connectivity index (χ0v) is 16.7. The molecule has 4 heterocycles. The number of carboxylic acids is 1. The van der Waals surface area contributed by atoms with Crippen LogP contribution in [0, 0.1) is 6.92 Å². The Kier molecular flexibility index (Phi) is 6.95. The number of rotatable bonds is 3. The number of carbonyl (C=O) groups excluding carboxylic acids is 1. The molecule has 0 aromatic carbocycles. The highest BCUT2D eigenvalue weighted by molar-refractivity contribution is 5.81. The molecular formula is C18H22F3N5O5. The number of aromatic nitrogens is 3. The SMILES string of the molecule is Cc1cc(CN2Cc3ccnn3C(C(=O)N3CCOCC3)C2)no1.O=C(O)C(F)(F)F. The third kappa shape index (κ3) is 5.82. The number of fused-ring (bicyclic) bond motifs is 1. The maximum Gasteiger partial charge on any atom is 0.490 e. The zero-order chi connectivity index (χ0) is 22.6. The first kappa shape index (κ1) is 22.7. The van der Waals surface area contributed by atoms with Crippen molar-refractivity contribution >= 4 is 11.9 Å². The van der Waals surface area contributed by atoms with Crippen molar-refractivity contribution in [1.29, 1.82) is 0 Å². The Morgan fingerprint density at radius 2 is 1.97 bits per heavy atom. The third-order valence-corrected chi connectivity index (χ3v) is 4.78. The fourth-order valence-corrected chi connectivity index (χ4v) is 3.38. The van der Waals surface area contributed by atoms with Crippen LogP contribution >= 0.6 is 0 Å². The zero-order valence-electron chi connectivity index (χ0n) is 16.7. The average molecular weight is 445 g/mol. The summed E-state index contributed by atoms with van der Waals surface area (Å²) in [5.41, 5.74) is 1.94. The van der Waals surface area contributed by atoms with Gasteiger partial charge in [-0.25, -0.2) is 4.79 Å². The molecule has 1 unspecified atom stereocenters. The van der Waals surface area contributed by atoms with Crippen molar-refractivity contribution in [3.63, 3.8) is 0 Å². The van der Waals surface area contributed by atoms with Crippen LogP contribution in [0.5, 0.6) is 0 Å². The number of nitrogens with zero attached hydrogens (tertiary/aromatic N) is 5. The van der Waals surface area contributed by atoms with E-state index in [1.165, 1.54) is 0 Å². The lowest BCUT2D eigenvalue weighted by Gasteiger charge is -2.36. The summed E-state index contributed by atoms with van der Waals surface area (Å²) in [7, 11) is 0. The topological polar surface area (TPSA) is 114 Å². The highest BCUT2D eigenvalue weighted by Gasteiger charge is 2.38. The first-order valence-electron chi connectivity index (χ1n) is 9.48. The van der Waals surface area contributed by atoms with Crippen LogP contribution in [0.1, 0.15) is 23.2 Å². The predicted molar refractivity (Wildman–Crippen MR) is 97.7 cm³/mol. The molecule has 0 saturated carbocycles. The van der Waals surface area contributed by atoms with Crippen molar-refractivity contribution in [3.8, 4) is 0 Å². The van der Waals surface area contributed by atoms with Crippen LogP contribution in [-0.2, 0) is 27.4 Å². The molecule has 2 aromatic heterocycles. The number of halogens is 3. The van der Waals surface area contributed by atoms with Gasteiger partial charge in [-0.3, -0.25) is 14.4 Å². The molecule has 13 heteroatoms. The first-order valence-corrected chi connectivity index (χ1v) is 9.48. The van der Waals surface area contributed by atoms with E-state index in [-0.39, 0.29) is 11.9 Å². The Balaban J connectivity index is 0.000000339. The van der Waals surface area contributed by atoms with E-state index in [1.807, 2.05) is 28.6 Å². The minimum absolute atomic E-state index is 0.115. The van der Waals surface area contributed by atoms with Crippen molar-refractivity contribution in [1.82, 2.24) is 24.7 Å². The molecule has 2 aromatic rings. The standard InChI is InChI=1S/C16H21N5O3.C2HF3O2/c1-12-8-13(18-24-12)9-19-10-14-2-3-17-21(14)15(11-19)16(22)20-4-6-23-7-5-20;3-2(4,5)1(6)7/h2-3,8,15H,4-7,9-11H2,1H3;(H,6,7). The number of morpholine rings is 1. The normalized spacial score (nSPS) is 19.4. The van der Waals surface area contributed by atoms with Gasteiger partial charge in [-0.2, -0.15) is 18.3 Å². The molecule has 2 aliphatic rings. The molecule has 1 atom stereocenters. The van der Waals surface area contributed by atoms with Crippen molar-refractivity contribution < 1.29 is 37.1 Å². The molecule has 170 valence electrons. The second-order valence-electron chi connectivity index (χ2n) is 7.12. The second kappa shape index (κ2) is 9.47. The number of aliphatic carboxylic acids is 1. The predicted octanol–water partition coefficient (Wildman–Crippen LogP) is 1.23. The summed E-state index contributed by atoms with van der Waals surface area (Å²) in [6, 6.07) is 3.61. The lowest BCUT2D eigenvalue weighted by atomic mass is 10.1. The first-order chi connectivity index (χ1) is 14.6. The second-order valence-corrected chi connectivity index (χ2v) is 7.12. The largest absolute Gasteiger partial charge is 0.490 e. The van der Waals surface area contributed by atoms with Gasteiger partial charge in [0, 0.05) is 45.0 Å². The number of alkyl halides is 3. The van der Waals surface area contributed by atoms with E-state index >= 15 is 0 Å². The summed E-state index contributed by atoms with van der Waals surface area (Å²) in [4.78, 5) is 26.0. The van der Waals surface area contributed by atoms with Crippen molar-refractivity contribution in [2.24, 2.45) is 0 Å². The lowest BCUT2D eigenvalue weighted by molar-refractivity contribution is -0.192. The number of carboxylic acid groups (broad SMARTS) is 1. The van der Waals surface area contributed by atoms with Gasteiger partial charge in [0.05, 0.1) is 24.6 Å². The van der Waals surface area contributed by atoms with Crippen molar-refractivity contribution in [3.05, 3.63) is 35.5 Å². The van der Waals surface area contributed by atoms with E-state index in [1.54, 1.807) is 6.20 Å². The van der Waals surface area contributed by atoms with Gasteiger partial charge in [-0.15, -0.1) is 0 Å². The molecule has 1 saturated heterocycles. The third-order valence-electron chi connectivity index (χ3n) is 4.78. The van der Waals surface area contributed by atoms with Crippen molar-refractivity contribution in [2.75, 3.05) is 32.8 Å². The molecule has 0 bridgehead atoms. The summed E-state index contributed by atoms with van der Waals surface area (Å²) in [5.74, 6) is -1.84. The minimum atomic E-state index is -5.08. The number of hydrogen-bond donors (Lipinski definition) is 1. The smallest absolute Gasteiger partial charge is 0.475 e. The summed E-state index contributed by atoms with van der Waals surface area (Å²) in [6.45, 7) is 6.42. The Labute approximate surface area is 175 Å². The molecule has 1 amide bonds. The Morgan fingerprint density at radius 1 is 1.29 bits per heavy atom. The van der Waals surface area contributed by atoms with Gasteiger partial charge in [0.15, 0.2) is 0 Å². The van der Waals surface area contributed by atoms with Crippen LogP contribution in [0.25, 0.3) is 0 Å². The average Bonchev–Trinajstić information content (AvgIpc) is 3.36. The highest BCUT2D eigenvalue weighted by Crippen LogP contribution is 2.24. The Morgan fingerprint density at radius 3 is 2.55 bits per heavy atom. The van der Waals surface area contributed by atoms with Gasteiger partial charge < -0.3 is 19.3 Å². The summed E-state index contributed by atoms with van der Waals surface area (Å²) >= 11 is 0. The Hall–Kier alpha value is -2.93. The van der Waals surface area contributed by atoms with Crippen LogP contribution in [0.3, 0.4) is 0 Å².